The van der Waals surface area contributed by atoms with Crippen molar-refractivity contribution in [1.29, 1.82) is 0 Å². The summed E-state index contributed by atoms with van der Waals surface area (Å²) in [6.07, 6.45) is 72.9. The summed E-state index contributed by atoms with van der Waals surface area (Å²) in [5.74, 6) is -0.863. The molecule has 6 heteroatoms. The van der Waals surface area contributed by atoms with Crippen LogP contribution in [-0.2, 0) is 28.6 Å². The van der Waals surface area contributed by atoms with E-state index in [4.69, 9.17) is 14.2 Å². The maximum Gasteiger partial charge on any atom is 0.306 e. The van der Waals surface area contributed by atoms with Crippen LogP contribution in [0.3, 0.4) is 0 Å². The van der Waals surface area contributed by atoms with E-state index in [-0.39, 0.29) is 31.1 Å². The fourth-order valence-electron chi connectivity index (χ4n) is 9.02. The molecular formula is C64H116O6. The Kier molecular flexibility index (Phi) is 56.7. The molecule has 0 aliphatic carbocycles. The molecule has 0 aromatic rings. The third-order valence-electron chi connectivity index (χ3n) is 13.6. The Morgan fingerprint density at radius 2 is 0.557 bits per heavy atom. The van der Waals surface area contributed by atoms with E-state index < -0.39 is 6.10 Å². The third-order valence-corrected chi connectivity index (χ3v) is 13.6. The van der Waals surface area contributed by atoms with Crippen LogP contribution in [0, 0.1) is 0 Å². The molecule has 0 aromatic heterocycles. The van der Waals surface area contributed by atoms with Gasteiger partial charge in [0.25, 0.3) is 0 Å². The van der Waals surface area contributed by atoms with Crippen LogP contribution in [0.2, 0.25) is 0 Å². The van der Waals surface area contributed by atoms with E-state index in [9.17, 15) is 14.4 Å². The van der Waals surface area contributed by atoms with Crippen LogP contribution >= 0.6 is 0 Å². The highest BCUT2D eigenvalue weighted by Crippen LogP contribution is 2.17. The predicted octanol–water partition coefficient (Wildman–Crippen LogP) is 20.6. The van der Waals surface area contributed by atoms with Gasteiger partial charge in [-0.2, -0.15) is 0 Å². The summed E-state index contributed by atoms with van der Waals surface area (Å²) in [6.45, 7) is 6.51. The number of ether oxygens (including phenoxy) is 3. The van der Waals surface area contributed by atoms with Gasteiger partial charge in [0.1, 0.15) is 13.2 Å². The monoisotopic (exact) mass is 981 g/mol. The summed E-state index contributed by atoms with van der Waals surface area (Å²) < 4.78 is 16.8. The molecule has 0 rings (SSSR count). The maximum absolute atomic E-state index is 12.8. The zero-order chi connectivity index (χ0) is 50.7. The van der Waals surface area contributed by atoms with E-state index in [0.717, 1.165) is 83.5 Å². The molecule has 70 heavy (non-hydrogen) atoms. The van der Waals surface area contributed by atoms with Crippen LogP contribution in [0.1, 0.15) is 323 Å². The topological polar surface area (TPSA) is 78.9 Å². The number of carbonyl (C=O) groups excluding carboxylic acids is 3. The molecule has 0 heterocycles. The molecule has 0 fully saturated rings. The van der Waals surface area contributed by atoms with Gasteiger partial charge in [-0.25, -0.2) is 0 Å². The van der Waals surface area contributed by atoms with Crippen molar-refractivity contribution < 1.29 is 28.6 Å². The van der Waals surface area contributed by atoms with Gasteiger partial charge in [-0.3, -0.25) is 14.4 Å². The van der Waals surface area contributed by atoms with Crippen LogP contribution in [0.4, 0.5) is 0 Å². The van der Waals surface area contributed by atoms with Gasteiger partial charge < -0.3 is 14.2 Å². The fraction of sp³-hybridized carbons (Fsp3) is 0.828. The minimum atomic E-state index is -0.768. The molecule has 0 saturated heterocycles. The first-order chi connectivity index (χ1) is 34.5. The predicted molar refractivity (Wildman–Crippen MR) is 302 cm³/mol. The smallest absolute Gasteiger partial charge is 0.306 e. The van der Waals surface area contributed by atoms with Gasteiger partial charge >= 0.3 is 17.9 Å². The molecule has 0 aromatic carbocycles. The van der Waals surface area contributed by atoms with E-state index >= 15 is 0 Å². The van der Waals surface area contributed by atoms with Crippen molar-refractivity contribution in [2.24, 2.45) is 0 Å². The first kappa shape index (κ1) is 67.4. The SMILES string of the molecule is CC/C=C\C/C=C\C/C=C\C/C=C\CCCCCCCCCCCCCCC(=O)OCC(COC(=O)CCCCCCCC)OC(=O)CCCCCCCCCCCCCCCCCCCCCCC. The van der Waals surface area contributed by atoms with Crippen molar-refractivity contribution >= 4 is 17.9 Å². The summed E-state index contributed by atoms with van der Waals surface area (Å²) in [5, 5.41) is 0. The molecule has 1 atom stereocenters. The summed E-state index contributed by atoms with van der Waals surface area (Å²) in [6, 6.07) is 0. The Hall–Kier alpha value is -2.63. The molecule has 0 N–H and O–H groups in total. The van der Waals surface area contributed by atoms with Gasteiger partial charge in [0, 0.05) is 19.3 Å². The van der Waals surface area contributed by atoms with E-state index in [2.05, 4.69) is 69.4 Å². The molecule has 1 unspecified atom stereocenters. The maximum atomic E-state index is 12.8. The van der Waals surface area contributed by atoms with Crippen LogP contribution < -0.4 is 0 Å². The minimum absolute atomic E-state index is 0.0698. The van der Waals surface area contributed by atoms with Gasteiger partial charge in [0.2, 0.25) is 0 Å². The summed E-state index contributed by atoms with van der Waals surface area (Å²) >= 11 is 0. The number of esters is 3. The molecule has 0 spiro atoms. The van der Waals surface area contributed by atoms with E-state index in [1.54, 1.807) is 0 Å². The van der Waals surface area contributed by atoms with Gasteiger partial charge in [0.05, 0.1) is 0 Å². The van der Waals surface area contributed by atoms with Gasteiger partial charge in [0.15, 0.2) is 6.10 Å². The van der Waals surface area contributed by atoms with Crippen molar-refractivity contribution in [3.8, 4) is 0 Å². The number of hydrogen-bond donors (Lipinski definition) is 0. The van der Waals surface area contributed by atoms with E-state index in [0.29, 0.717) is 19.3 Å². The Morgan fingerprint density at radius 1 is 0.300 bits per heavy atom. The second-order valence-electron chi connectivity index (χ2n) is 20.6. The van der Waals surface area contributed by atoms with Crippen LogP contribution in [-0.4, -0.2) is 37.2 Å². The number of hydrogen-bond acceptors (Lipinski definition) is 6. The lowest BCUT2D eigenvalue weighted by molar-refractivity contribution is -0.167. The largest absolute Gasteiger partial charge is 0.462 e. The summed E-state index contributed by atoms with van der Waals surface area (Å²) in [5.41, 5.74) is 0. The fourth-order valence-corrected chi connectivity index (χ4v) is 9.02. The molecular weight excluding hydrogens is 865 g/mol. The van der Waals surface area contributed by atoms with Gasteiger partial charge in [-0.05, 0) is 57.8 Å². The number of carbonyl (C=O) groups is 3. The molecule has 0 saturated carbocycles. The lowest BCUT2D eigenvalue weighted by Gasteiger charge is -2.18. The van der Waals surface area contributed by atoms with Gasteiger partial charge in [-0.1, -0.05) is 294 Å². The first-order valence-corrected chi connectivity index (χ1v) is 30.6. The Labute approximate surface area is 435 Å². The quantitative estimate of drug-likeness (QED) is 0.0261. The van der Waals surface area contributed by atoms with E-state index in [1.807, 2.05) is 0 Å². The number of unbranched alkanes of at least 4 members (excludes halogenated alkanes) is 37. The summed E-state index contributed by atoms with van der Waals surface area (Å²) in [7, 11) is 0. The Morgan fingerprint density at radius 3 is 0.871 bits per heavy atom. The normalized spacial score (nSPS) is 12.3. The second kappa shape index (κ2) is 58.9. The van der Waals surface area contributed by atoms with E-state index in [1.165, 1.54) is 199 Å². The highest BCUT2D eigenvalue weighted by molar-refractivity contribution is 5.71. The minimum Gasteiger partial charge on any atom is -0.462 e. The molecule has 408 valence electrons. The van der Waals surface area contributed by atoms with Gasteiger partial charge in [-0.15, -0.1) is 0 Å². The number of rotatable bonds is 56. The van der Waals surface area contributed by atoms with Crippen molar-refractivity contribution in [1.82, 2.24) is 0 Å². The average Bonchev–Trinajstić information content (AvgIpc) is 3.36. The highest BCUT2D eigenvalue weighted by Gasteiger charge is 2.19. The third kappa shape index (κ3) is 56.3. The molecule has 6 nitrogen and oxygen atoms in total. The lowest BCUT2D eigenvalue weighted by atomic mass is 10.0. The van der Waals surface area contributed by atoms with Crippen LogP contribution in [0.15, 0.2) is 48.6 Å². The molecule has 0 aliphatic rings. The standard InChI is InChI=1S/C64H116O6/c1-4-7-10-13-16-18-20-22-24-26-28-30-31-32-33-35-36-38-40-42-44-46-48-51-54-57-63(66)69-60-61(59-68-62(65)56-53-50-15-12-9-6-3)70-64(67)58-55-52-49-47-45-43-41-39-37-34-29-27-25-23-21-19-17-14-11-8-5-2/h7,10,16,18,22,24,28,30,61H,4-6,8-9,11-15,17,19-21,23,25-27,29,31-60H2,1-3H3/b10-7-,18-16-,24-22-,30-28-. The van der Waals surface area contributed by atoms with Crippen molar-refractivity contribution in [2.75, 3.05) is 13.2 Å². The molecule has 0 radical (unpaired) electrons. The summed E-state index contributed by atoms with van der Waals surface area (Å²) in [4.78, 5) is 38.0. The zero-order valence-electron chi connectivity index (χ0n) is 46.8. The van der Waals surface area contributed by atoms with Crippen molar-refractivity contribution in [3.05, 3.63) is 48.6 Å². The highest BCUT2D eigenvalue weighted by atomic mass is 16.6. The lowest BCUT2D eigenvalue weighted by Crippen LogP contribution is -2.30. The molecule has 0 amide bonds. The molecule has 0 bridgehead atoms. The Bertz CT molecular complexity index is 1220. The van der Waals surface area contributed by atoms with Crippen LogP contribution in [0.25, 0.3) is 0 Å². The zero-order valence-corrected chi connectivity index (χ0v) is 46.8. The average molecular weight is 982 g/mol. The number of allylic oxidation sites excluding steroid dienone is 8. The first-order valence-electron chi connectivity index (χ1n) is 30.6. The van der Waals surface area contributed by atoms with Crippen LogP contribution in [0.5, 0.6) is 0 Å². The Balaban J connectivity index is 4.07. The second-order valence-corrected chi connectivity index (χ2v) is 20.6. The van der Waals surface area contributed by atoms with Crippen molar-refractivity contribution in [3.63, 3.8) is 0 Å². The molecule has 0 aliphatic heterocycles. The van der Waals surface area contributed by atoms with Crippen molar-refractivity contribution in [2.45, 2.75) is 329 Å².